The first kappa shape index (κ1) is 13.3. The van der Waals surface area contributed by atoms with Gasteiger partial charge in [-0.2, -0.15) is 0 Å². The van der Waals surface area contributed by atoms with Crippen molar-refractivity contribution in [3.63, 3.8) is 0 Å². The molecule has 1 saturated heterocycles. The molecule has 0 aromatic carbocycles. The van der Waals surface area contributed by atoms with Gasteiger partial charge in [-0.3, -0.25) is 4.90 Å². The Hall–Kier alpha value is -0.120. The lowest BCUT2D eigenvalue weighted by Gasteiger charge is -2.43. The number of rotatable bonds is 6. The Kier molecular flexibility index (Phi) is 4.45. The quantitative estimate of drug-likeness (QED) is 0.770. The van der Waals surface area contributed by atoms with E-state index in [0.717, 1.165) is 31.6 Å². The molecule has 1 unspecified atom stereocenters. The maximum absolute atomic E-state index is 6.10. The standard InChI is InChI=1S/C14H28N2O/c1-3-14(11-15,13-4-5-13)16(2)10-12-6-8-17-9-7-12/h12-13H,3-11,15H2,1-2H3. The minimum Gasteiger partial charge on any atom is -0.381 e. The molecule has 1 saturated carbocycles. The molecule has 1 aliphatic heterocycles. The molecule has 2 N–H and O–H groups in total. The topological polar surface area (TPSA) is 38.5 Å². The van der Waals surface area contributed by atoms with E-state index >= 15 is 0 Å². The van der Waals surface area contributed by atoms with Crippen LogP contribution in [0.3, 0.4) is 0 Å². The third kappa shape index (κ3) is 2.83. The lowest BCUT2D eigenvalue weighted by molar-refractivity contribution is 0.0262. The highest BCUT2D eigenvalue weighted by atomic mass is 16.5. The van der Waals surface area contributed by atoms with Gasteiger partial charge in [-0.05, 0) is 51.0 Å². The first-order valence-corrected chi connectivity index (χ1v) is 7.22. The summed E-state index contributed by atoms with van der Waals surface area (Å²) < 4.78 is 5.44. The molecule has 1 heterocycles. The van der Waals surface area contributed by atoms with E-state index in [0.29, 0.717) is 0 Å². The maximum atomic E-state index is 6.10. The van der Waals surface area contributed by atoms with Gasteiger partial charge in [0.15, 0.2) is 0 Å². The number of nitrogens with zero attached hydrogens (tertiary/aromatic N) is 1. The third-order valence-corrected chi connectivity index (χ3v) is 4.94. The van der Waals surface area contributed by atoms with Crippen LogP contribution in [-0.4, -0.2) is 43.8 Å². The molecule has 0 amide bonds. The van der Waals surface area contributed by atoms with Gasteiger partial charge in [0.05, 0.1) is 0 Å². The Morgan fingerprint density at radius 2 is 1.88 bits per heavy atom. The molecule has 100 valence electrons. The van der Waals surface area contributed by atoms with E-state index in [1.54, 1.807) is 0 Å². The zero-order chi connectivity index (χ0) is 12.3. The molecule has 0 radical (unpaired) electrons. The second kappa shape index (κ2) is 5.68. The van der Waals surface area contributed by atoms with Crippen molar-refractivity contribution in [2.45, 2.75) is 44.6 Å². The van der Waals surface area contributed by atoms with Crippen molar-refractivity contribution in [1.82, 2.24) is 4.90 Å². The van der Waals surface area contributed by atoms with Crippen LogP contribution in [0.2, 0.25) is 0 Å². The van der Waals surface area contributed by atoms with Crippen LogP contribution in [0.1, 0.15) is 39.0 Å². The molecule has 2 fully saturated rings. The van der Waals surface area contributed by atoms with E-state index in [1.807, 2.05) is 0 Å². The number of ether oxygens (including phenoxy) is 1. The number of hydrogen-bond acceptors (Lipinski definition) is 3. The normalized spacial score (nSPS) is 26.1. The van der Waals surface area contributed by atoms with Crippen LogP contribution in [0.5, 0.6) is 0 Å². The van der Waals surface area contributed by atoms with E-state index in [1.165, 1.54) is 38.6 Å². The Morgan fingerprint density at radius 1 is 1.24 bits per heavy atom. The second-order valence-corrected chi connectivity index (χ2v) is 5.87. The van der Waals surface area contributed by atoms with Crippen molar-refractivity contribution in [2.24, 2.45) is 17.6 Å². The van der Waals surface area contributed by atoms with Gasteiger partial charge < -0.3 is 10.5 Å². The van der Waals surface area contributed by atoms with Crippen molar-refractivity contribution in [3.8, 4) is 0 Å². The molecule has 1 atom stereocenters. The highest BCUT2D eigenvalue weighted by Crippen LogP contribution is 2.44. The number of hydrogen-bond donors (Lipinski definition) is 1. The van der Waals surface area contributed by atoms with E-state index < -0.39 is 0 Å². The molecule has 0 aromatic rings. The molecular formula is C14H28N2O. The summed E-state index contributed by atoms with van der Waals surface area (Å²) in [5, 5.41) is 0. The van der Waals surface area contributed by atoms with E-state index in [2.05, 4.69) is 18.9 Å². The fraction of sp³-hybridized carbons (Fsp3) is 1.00. The van der Waals surface area contributed by atoms with E-state index in [-0.39, 0.29) is 5.54 Å². The molecular weight excluding hydrogens is 212 g/mol. The second-order valence-electron chi connectivity index (χ2n) is 5.87. The van der Waals surface area contributed by atoms with Gasteiger partial charge in [0.25, 0.3) is 0 Å². The van der Waals surface area contributed by atoms with Crippen molar-refractivity contribution < 1.29 is 4.74 Å². The van der Waals surface area contributed by atoms with Gasteiger partial charge in [-0.1, -0.05) is 6.92 Å². The molecule has 0 aromatic heterocycles. The molecule has 3 nitrogen and oxygen atoms in total. The van der Waals surface area contributed by atoms with Crippen LogP contribution >= 0.6 is 0 Å². The highest BCUT2D eigenvalue weighted by molar-refractivity contribution is 5.02. The van der Waals surface area contributed by atoms with Gasteiger partial charge in [-0.15, -0.1) is 0 Å². The fourth-order valence-electron chi connectivity index (χ4n) is 3.46. The smallest absolute Gasteiger partial charge is 0.0469 e. The lowest BCUT2D eigenvalue weighted by atomic mass is 9.86. The Morgan fingerprint density at radius 3 is 2.35 bits per heavy atom. The average molecular weight is 240 g/mol. The predicted molar refractivity (Wildman–Crippen MR) is 71.0 cm³/mol. The molecule has 17 heavy (non-hydrogen) atoms. The highest BCUT2D eigenvalue weighted by Gasteiger charge is 2.45. The van der Waals surface area contributed by atoms with Crippen LogP contribution < -0.4 is 5.73 Å². The first-order valence-electron chi connectivity index (χ1n) is 7.22. The minimum atomic E-state index is 0.276. The van der Waals surface area contributed by atoms with Crippen LogP contribution in [0.4, 0.5) is 0 Å². The third-order valence-electron chi connectivity index (χ3n) is 4.94. The summed E-state index contributed by atoms with van der Waals surface area (Å²) in [4.78, 5) is 2.57. The SMILES string of the molecule is CCC(CN)(C1CC1)N(C)CC1CCOCC1. The maximum Gasteiger partial charge on any atom is 0.0469 e. The van der Waals surface area contributed by atoms with Gasteiger partial charge >= 0.3 is 0 Å². The average Bonchev–Trinajstić information content (AvgIpc) is 3.17. The summed E-state index contributed by atoms with van der Waals surface area (Å²) in [6.07, 6.45) is 6.39. The molecule has 0 spiro atoms. The first-order chi connectivity index (χ1) is 8.23. The van der Waals surface area contributed by atoms with Crippen LogP contribution in [0.25, 0.3) is 0 Å². The molecule has 2 aliphatic rings. The summed E-state index contributed by atoms with van der Waals surface area (Å²) in [5.74, 6) is 1.66. The Labute approximate surface area is 106 Å². The molecule has 0 bridgehead atoms. The van der Waals surface area contributed by atoms with E-state index in [4.69, 9.17) is 10.5 Å². The molecule has 2 rings (SSSR count). The van der Waals surface area contributed by atoms with Gasteiger partial charge in [0.1, 0.15) is 0 Å². The van der Waals surface area contributed by atoms with Crippen molar-refractivity contribution in [3.05, 3.63) is 0 Å². The van der Waals surface area contributed by atoms with Crippen LogP contribution in [0.15, 0.2) is 0 Å². The van der Waals surface area contributed by atoms with Crippen LogP contribution in [0, 0.1) is 11.8 Å². The lowest BCUT2D eigenvalue weighted by Crippen LogP contribution is -2.55. The summed E-state index contributed by atoms with van der Waals surface area (Å²) >= 11 is 0. The van der Waals surface area contributed by atoms with Gasteiger partial charge in [-0.25, -0.2) is 0 Å². The van der Waals surface area contributed by atoms with Gasteiger partial charge in [0, 0.05) is 31.8 Å². The zero-order valence-corrected chi connectivity index (χ0v) is 11.5. The van der Waals surface area contributed by atoms with Gasteiger partial charge in [0.2, 0.25) is 0 Å². The van der Waals surface area contributed by atoms with Crippen LogP contribution in [-0.2, 0) is 4.74 Å². The monoisotopic (exact) mass is 240 g/mol. The summed E-state index contributed by atoms with van der Waals surface area (Å²) in [7, 11) is 2.28. The van der Waals surface area contributed by atoms with Crippen molar-refractivity contribution in [1.29, 1.82) is 0 Å². The predicted octanol–water partition coefficient (Wildman–Crippen LogP) is 1.86. The summed E-state index contributed by atoms with van der Waals surface area (Å²) in [6.45, 7) is 6.21. The number of nitrogens with two attached hydrogens (primary N) is 1. The van der Waals surface area contributed by atoms with Crippen molar-refractivity contribution in [2.75, 3.05) is 33.4 Å². The fourth-order valence-corrected chi connectivity index (χ4v) is 3.46. The summed E-state index contributed by atoms with van der Waals surface area (Å²) in [6, 6.07) is 0. The molecule has 1 aliphatic carbocycles. The van der Waals surface area contributed by atoms with E-state index in [9.17, 15) is 0 Å². The zero-order valence-electron chi connectivity index (χ0n) is 11.5. The molecule has 3 heteroatoms. The Balaban J connectivity index is 1.93. The van der Waals surface area contributed by atoms with Crippen molar-refractivity contribution >= 4 is 0 Å². The Bertz CT molecular complexity index is 230. The summed E-state index contributed by atoms with van der Waals surface area (Å²) in [5.41, 5.74) is 6.37. The number of likely N-dealkylation sites (N-methyl/N-ethyl adjacent to an activating group) is 1. The largest absolute Gasteiger partial charge is 0.381 e. The minimum absolute atomic E-state index is 0.276.